The first-order valence-corrected chi connectivity index (χ1v) is 7.77. The van der Waals surface area contributed by atoms with E-state index < -0.39 is 0 Å². The lowest BCUT2D eigenvalue weighted by Gasteiger charge is -2.14. The van der Waals surface area contributed by atoms with Gasteiger partial charge in [-0.15, -0.1) is 0 Å². The van der Waals surface area contributed by atoms with E-state index in [2.05, 4.69) is 10.5 Å². The molecule has 1 aromatic carbocycles. The van der Waals surface area contributed by atoms with Gasteiger partial charge >= 0.3 is 0 Å². The third-order valence-electron chi connectivity index (χ3n) is 3.65. The second-order valence-electron chi connectivity index (χ2n) is 5.69. The van der Waals surface area contributed by atoms with Crippen molar-refractivity contribution in [2.24, 2.45) is 0 Å². The van der Waals surface area contributed by atoms with Crippen molar-refractivity contribution in [1.82, 2.24) is 5.16 Å². The molecule has 2 N–H and O–H groups in total. The van der Waals surface area contributed by atoms with Gasteiger partial charge in [-0.1, -0.05) is 11.2 Å². The molecule has 1 aromatic heterocycles. The van der Waals surface area contributed by atoms with Crippen LogP contribution < -0.4 is 19.7 Å². The predicted octanol–water partition coefficient (Wildman–Crippen LogP) is 0.696. The third-order valence-corrected chi connectivity index (χ3v) is 3.65. The smallest absolute Gasteiger partial charge is 0.280 e. The van der Waals surface area contributed by atoms with Gasteiger partial charge in [0.15, 0.2) is 23.9 Å². The van der Waals surface area contributed by atoms with Crippen LogP contribution in [-0.4, -0.2) is 45.4 Å². The summed E-state index contributed by atoms with van der Waals surface area (Å²) in [6.07, 6.45) is 0.836. The second-order valence-corrected chi connectivity index (χ2v) is 5.69. The molecule has 1 amide bonds. The van der Waals surface area contributed by atoms with Crippen molar-refractivity contribution in [1.29, 1.82) is 0 Å². The number of methoxy groups -OCH3 is 2. The van der Waals surface area contributed by atoms with Crippen LogP contribution in [-0.2, 0) is 11.2 Å². The van der Waals surface area contributed by atoms with Crippen LogP contribution in [0.5, 0.6) is 11.5 Å². The summed E-state index contributed by atoms with van der Waals surface area (Å²) in [7, 11) is 5.22. The number of nitrogens with zero attached hydrogens (tertiary/aromatic N) is 1. The molecule has 0 radical (unpaired) electrons. The number of ether oxygens (including phenoxy) is 2. The van der Waals surface area contributed by atoms with E-state index in [4.69, 9.17) is 14.0 Å². The van der Waals surface area contributed by atoms with Gasteiger partial charge in [-0.3, -0.25) is 4.79 Å². The Hall–Kier alpha value is -2.54. The van der Waals surface area contributed by atoms with Gasteiger partial charge in [0, 0.05) is 12.5 Å². The highest BCUT2D eigenvalue weighted by atomic mass is 16.5. The number of nitrogens with one attached hydrogen (secondary N) is 2. The predicted molar refractivity (Wildman–Crippen MR) is 89.7 cm³/mol. The summed E-state index contributed by atoms with van der Waals surface area (Å²) in [6, 6.07) is 7.55. The Morgan fingerprint density at radius 3 is 2.62 bits per heavy atom. The molecule has 1 atom stereocenters. The van der Waals surface area contributed by atoms with E-state index in [-0.39, 0.29) is 5.91 Å². The van der Waals surface area contributed by atoms with Crippen molar-refractivity contribution >= 4 is 11.7 Å². The molecule has 0 aliphatic rings. The topological polar surface area (TPSA) is 78.0 Å². The highest BCUT2D eigenvalue weighted by molar-refractivity contribution is 5.90. The molecule has 1 heterocycles. The van der Waals surface area contributed by atoms with Gasteiger partial charge < -0.3 is 24.2 Å². The summed E-state index contributed by atoms with van der Waals surface area (Å²) >= 11 is 0. The number of likely N-dealkylation sites (N-methyl/N-ethyl adjacent to an activating group) is 1. The van der Waals surface area contributed by atoms with Crippen LogP contribution in [0.25, 0.3) is 0 Å². The molecule has 0 fully saturated rings. The van der Waals surface area contributed by atoms with Gasteiger partial charge in [-0.25, -0.2) is 0 Å². The monoisotopic (exact) mass is 334 g/mol. The van der Waals surface area contributed by atoms with Crippen molar-refractivity contribution in [2.75, 3.05) is 39.7 Å². The molecule has 0 aliphatic carbocycles. The van der Waals surface area contributed by atoms with Crippen LogP contribution in [0, 0.1) is 6.92 Å². The van der Waals surface area contributed by atoms with Gasteiger partial charge in [0.05, 0.1) is 27.8 Å². The van der Waals surface area contributed by atoms with E-state index in [1.807, 2.05) is 25.2 Å². The molecule has 0 bridgehead atoms. The van der Waals surface area contributed by atoms with Gasteiger partial charge in [-0.05, 0) is 24.6 Å². The Labute approximate surface area is 141 Å². The Morgan fingerprint density at radius 1 is 1.25 bits per heavy atom. The Kier molecular flexibility index (Phi) is 6.20. The Bertz CT molecular complexity index is 684. The van der Waals surface area contributed by atoms with Gasteiger partial charge in [0.2, 0.25) is 0 Å². The molecular formula is C17H24N3O4+. The number of hydrogen-bond acceptors (Lipinski definition) is 5. The van der Waals surface area contributed by atoms with Gasteiger partial charge in [0.1, 0.15) is 5.76 Å². The number of amides is 1. The molecule has 2 aromatic rings. The summed E-state index contributed by atoms with van der Waals surface area (Å²) < 4.78 is 15.5. The van der Waals surface area contributed by atoms with Gasteiger partial charge in [0.25, 0.3) is 5.91 Å². The molecule has 0 saturated heterocycles. The molecular weight excluding hydrogens is 310 g/mol. The fourth-order valence-corrected chi connectivity index (χ4v) is 2.37. The highest BCUT2D eigenvalue weighted by Crippen LogP contribution is 2.27. The standard InChI is InChI=1S/C17H23N3O4/c1-12-9-16(19-24-12)18-17(21)11-20(2)8-7-13-5-6-14(22-3)15(10-13)23-4/h5-6,9-10H,7-8,11H2,1-4H3,(H,18,19,21)/p+1. The second kappa shape index (κ2) is 8.35. The molecule has 0 spiro atoms. The first kappa shape index (κ1) is 17.8. The third kappa shape index (κ3) is 4.99. The number of rotatable bonds is 8. The summed E-state index contributed by atoms with van der Waals surface area (Å²) in [5, 5.41) is 6.47. The average Bonchev–Trinajstić information content (AvgIpc) is 2.97. The minimum Gasteiger partial charge on any atom is -0.493 e. The lowest BCUT2D eigenvalue weighted by atomic mass is 10.1. The maximum Gasteiger partial charge on any atom is 0.280 e. The van der Waals surface area contributed by atoms with Gasteiger partial charge in [-0.2, -0.15) is 0 Å². The molecule has 24 heavy (non-hydrogen) atoms. The van der Waals surface area contributed by atoms with Crippen LogP contribution in [0.15, 0.2) is 28.8 Å². The number of aryl methyl sites for hydroxylation is 1. The van der Waals surface area contributed by atoms with E-state index in [9.17, 15) is 4.79 Å². The normalized spacial score (nSPS) is 11.8. The number of aromatic nitrogens is 1. The zero-order valence-corrected chi connectivity index (χ0v) is 14.5. The fourth-order valence-electron chi connectivity index (χ4n) is 2.37. The van der Waals surface area contributed by atoms with Crippen molar-refractivity contribution < 1.29 is 23.7 Å². The Balaban J connectivity index is 1.82. The molecule has 7 heteroatoms. The molecule has 7 nitrogen and oxygen atoms in total. The van der Waals surface area contributed by atoms with Crippen LogP contribution in [0.4, 0.5) is 5.82 Å². The van der Waals surface area contributed by atoms with Crippen molar-refractivity contribution in [2.45, 2.75) is 13.3 Å². The molecule has 0 saturated carbocycles. The molecule has 2 rings (SSSR count). The minimum absolute atomic E-state index is 0.0897. The lowest BCUT2D eigenvalue weighted by molar-refractivity contribution is -0.870. The number of anilines is 1. The van der Waals surface area contributed by atoms with E-state index in [1.165, 1.54) is 0 Å². The summed E-state index contributed by atoms with van der Waals surface area (Å²) in [5.74, 6) is 2.45. The molecule has 130 valence electrons. The number of carbonyl (C=O) groups excluding carboxylic acids is 1. The number of benzene rings is 1. The minimum atomic E-state index is -0.0897. The zero-order valence-electron chi connectivity index (χ0n) is 14.5. The highest BCUT2D eigenvalue weighted by Gasteiger charge is 2.13. The van der Waals surface area contributed by atoms with Crippen molar-refractivity contribution in [3.63, 3.8) is 0 Å². The molecule has 0 aliphatic heterocycles. The SMILES string of the molecule is COc1ccc(CC[NH+](C)CC(=O)Nc2cc(C)on2)cc1OC. The summed E-state index contributed by atoms with van der Waals surface area (Å²) in [4.78, 5) is 13.1. The van der Waals surface area contributed by atoms with Crippen LogP contribution in [0.1, 0.15) is 11.3 Å². The van der Waals surface area contributed by atoms with Crippen LogP contribution in [0.3, 0.4) is 0 Å². The van der Waals surface area contributed by atoms with E-state index in [1.54, 1.807) is 27.2 Å². The van der Waals surface area contributed by atoms with Crippen LogP contribution >= 0.6 is 0 Å². The maximum absolute atomic E-state index is 12.0. The van der Waals surface area contributed by atoms with E-state index >= 15 is 0 Å². The fraction of sp³-hybridized carbons (Fsp3) is 0.412. The quantitative estimate of drug-likeness (QED) is 0.743. The number of carbonyl (C=O) groups is 1. The van der Waals surface area contributed by atoms with Crippen molar-refractivity contribution in [3.05, 3.63) is 35.6 Å². The lowest BCUT2D eigenvalue weighted by Crippen LogP contribution is -3.10. The number of quaternary nitrogens is 1. The van der Waals surface area contributed by atoms with E-state index in [0.29, 0.717) is 29.6 Å². The van der Waals surface area contributed by atoms with Crippen molar-refractivity contribution in [3.8, 4) is 11.5 Å². The summed E-state index contributed by atoms with van der Waals surface area (Å²) in [5.41, 5.74) is 1.14. The number of hydrogen-bond donors (Lipinski definition) is 2. The molecule has 1 unspecified atom stereocenters. The maximum atomic E-state index is 12.0. The summed E-state index contributed by atoms with van der Waals surface area (Å²) in [6.45, 7) is 2.96. The zero-order chi connectivity index (χ0) is 17.5. The van der Waals surface area contributed by atoms with E-state index in [0.717, 1.165) is 23.4 Å². The largest absolute Gasteiger partial charge is 0.493 e. The first-order chi connectivity index (χ1) is 11.5. The average molecular weight is 334 g/mol. The van der Waals surface area contributed by atoms with Crippen LogP contribution in [0.2, 0.25) is 0 Å². The first-order valence-electron chi connectivity index (χ1n) is 7.77. The Morgan fingerprint density at radius 2 is 2.00 bits per heavy atom.